The SMILES string of the molecule is CSC1C=CO1. The van der Waals surface area contributed by atoms with E-state index in [0.29, 0.717) is 5.44 Å². The van der Waals surface area contributed by atoms with Gasteiger partial charge in [-0.25, -0.2) is 0 Å². The Morgan fingerprint density at radius 2 is 2.50 bits per heavy atom. The molecule has 0 bridgehead atoms. The van der Waals surface area contributed by atoms with Crippen molar-refractivity contribution in [3.8, 4) is 0 Å². The molecule has 1 nitrogen and oxygen atoms in total. The molecule has 1 atom stereocenters. The summed E-state index contributed by atoms with van der Waals surface area (Å²) in [5.74, 6) is 0. The first kappa shape index (κ1) is 4.06. The maximum Gasteiger partial charge on any atom is 0.164 e. The van der Waals surface area contributed by atoms with E-state index in [0.717, 1.165) is 0 Å². The van der Waals surface area contributed by atoms with E-state index in [1.54, 1.807) is 18.0 Å². The lowest BCUT2D eigenvalue weighted by molar-refractivity contribution is 0.214. The molecule has 1 heterocycles. The molecule has 6 heavy (non-hydrogen) atoms. The average molecular weight is 102 g/mol. The second-order valence-electron chi connectivity index (χ2n) is 1.07. The van der Waals surface area contributed by atoms with Crippen LogP contribution in [0.5, 0.6) is 0 Å². The molecule has 2 heteroatoms. The Kier molecular flexibility index (Phi) is 1.05. The van der Waals surface area contributed by atoms with Crippen LogP contribution in [0, 0.1) is 0 Å². The van der Waals surface area contributed by atoms with Gasteiger partial charge in [0.2, 0.25) is 0 Å². The zero-order valence-electron chi connectivity index (χ0n) is 3.55. The first-order valence-electron chi connectivity index (χ1n) is 1.78. The Balaban J connectivity index is 2.21. The van der Waals surface area contributed by atoms with Crippen LogP contribution >= 0.6 is 11.8 Å². The van der Waals surface area contributed by atoms with Gasteiger partial charge < -0.3 is 4.74 Å². The summed E-state index contributed by atoms with van der Waals surface area (Å²) in [5.41, 5.74) is 0.352. The van der Waals surface area contributed by atoms with E-state index in [-0.39, 0.29) is 0 Å². The second kappa shape index (κ2) is 1.56. The van der Waals surface area contributed by atoms with Gasteiger partial charge in [0.05, 0.1) is 6.26 Å². The van der Waals surface area contributed by atoms with Gasteiger partial charge in [-0.3, -0.25) is 0 Å². The molecule has 0 spiro atoms. The third-order valence-electron chi connectivity index (χ3n) is 0.681. The fourth-order valence-corrected chi connectivity index (χ4v) is 0.673. The number of thioether (sulfide) groups is 1. The number of hydrogen-bond acceptors (Lipinski definition) is 2. The Hall–Kier alpha value is -0.110. The van der Waals surface area contributed by atoms with Crippen LogP contribution < -0.4 is 0 Å². The molecule has 1 aliphatic rings. The smallest absolute Gasteiger partial charge is 0.164 e. The predicted octanol–water partition coefficient (Wildman–Crippen LogP) is 1.22. The maximum atomic E-state index is 4.86. The summed E-state index contributed by atoms with van der Waals surface area (Å²) in [4.78, 5) is 0. The first-order valence-corrected chi connectivity index (χ1v) is 3.07. The average Bonchev–Trinajstić information content (AvgIpc) is 1.31. The van der Waals surface area contributed by atoms with Crippen LogP contribution in [0.1, 0.15) is 0 Å². The molecule has 1 unspecified atom stereocenters. The topological polar surface area (TPSA) is 9.23 Å². The van der Waals surface area contributed by atoms with Crippen LogP contribution in [0.4, 0.5) is 0 Å². The third kappa shape index (κ3) is 0.522. The zero-order valence-corrected chi connectivity index (χ0v) is 4.37. The van der Waals surface area contributed by atoms with E-state index < -0.39 is 0 Å². The normalized spacial score (nSPS) is 28.5. The molecule has 1 aliphatic heterocycles. The monoisotopic (exact) mass is 102 g/mol. The lowest BCUT2D eigenvalue weighted by Gasteiger charge is -2.15. The van der Waals surface area contributed by atoms with E-state index in [1.807, 2.05) is 12.3 Å². The van der Waals surface area contributed by atoms with Crippen molar-refractivity contribution in [2.45, 2.75) is 5.44 Å². The molecule has 0 aliphatic carbocycles. The summed E-state index contributed by atoms with van der Waals surface area (Å²) in [6.07, 6.45) is 5.75. The third-order valence-corrected chi connectivity index (χ3v) is 1.41. The van der Waals surface area contributed by atoms with Crippen molar-refractivity contribution in [2.24, 2.45) is 0 Å². The predicted molar refractivity (Wildman–Crippen MR) is 27.5 cm³/mol. The van der Waals surface area contributed by atoms with Gasteiger partial charge >= 0.3 is 0 Å². The molecule has 0 fully saturated rings. The molecule has 0 N–H and O–H groups in total. The fraction of sp³-hybridized carbons (Fsp3) is 0.500. The van der Waals surface area contributed by atoms with Gasteiger partial charge in [0.15, 0.2) is 5.44 Å². The van der Waals surface area contributed by atoms with Crippen molar-refractivity contribution < 1.29 is 4.74 Å². The van der Waals surface area contributed by atoms with E-state index in [9.17, 15) is 0 Å². The van der Waals surface area contributed by atoms with Gasteiger partial charge in [-0.05, 0) is 6.26 Å². The molecule has 0 aromatic rings. The van der Waals surface area contributed by atoms with Crippen LogP contribution in [0.25, 0.3) is 0 Å². The van der Waals surface area contributed by atoms with Crippen molar-refractivity contribution >= 4 is 11.8 Å². The van der Waals surface area contributed by atoms with Crippen LogP contribution in [0.15, 0.2) is 12.3 Å². The molecule has 0 aromatic heterocycles. The summed E-state index contributed by atoms with van der Waals surface area (Å²) in [7, 11) is 0. The summed E-state index contributed by atoms with van der Waals surface area (Å²) < 4.78 is 4.86. The summed E-state index contributed by atoms with van der Waals surface area (Å²) in [6.45, 7) is 0. The van der Waals surface area contributed by atoms with Crippen molar-refractivity contribution in [1.82, 2.24) is 0 Å². The molecule has 1 rings (SSSR count). The molecule has 0 saturated carbocycles. The first-order chi connectivity index (χ1) is 2.93. The Labute approximate surface area is 41.4 Å². The lowest BCUT2D eigenvalue weighted by atomic mass is 10.6. The minimum Gasteiger partial charge on any atom is -0.483 e. The van der Waals surface area contributed by atoms with Gasteiger partial charge in [0.25, 0.3) is 0 Å². The summed E-state index contributed by atoms with van der Waals surface area (Å²) in [6, 6.07) is 0. The summed E-state index contributed by atoms with van der Waals surface area (Å²) in [5, 5.41) is 0. The molecule has 0 saturated heterocycles. The number of hydrogen-bond donors (Lipinski definition) is 0. The second-order valence-corrected chi connectivity index (χ2v) is 2.00. The number of ether oxygens (including phenoxy) is 1. The molecule has 34 valence electrons. The molecule has 0 radical (unpaired) electrons. The molecular formula is C4H6OS. The zero-order chi connectivity index (χ0) is 4.41. The number of rotatable bonds is 1. The molecule has 0 amide bonds. The van der Waals surface area contributed by atoms with Crippen molar-refractivity contribution in [1.29, 1.82) is 0 Å². The van der Waals surface area contributed by atoms with E-state index in [2.05, 4.69) is 0 Å². The maximum absolute atomic E-state index is 4.86. The molecule has 0 aromatic carbocycles. The summed E-state index contributed by atoms with van der Waals surface area (Å²) >= 11 is 1.70. The van der Waals surface area contributed by atoms with Gasteiger partial charge in [0.1, 0.15) is 0 Å². The quantitative estimate of drug-likeness (QED) is 0.492. The van der Waals surface area contributed by atoms with Gasteiger partial charge in [-0.1, -0.05) is 0 Å². The Bertz CT molecular complexity index is 69.9. The highest BCUT2D eigenvalue weighted by molar-refractivity contribution is 7.99. The fourth-order valence-electron chi connectivity index (χ4n) is 0.277. The molecular weight excluding hydrogens is 96.1 g/mol. The van der Waals surface area contributed by atoms with Crippen LogP contribution in [0.2, 0.25) is 0 Å². The van der Waals surface area contributed by atoms with Gasteiger partial charge in [0, 0.05) is 6.08 Å². The van der Waals surface area contributed by atoms with Gasteiger partial charge in [-0.15, -0.1) is 11.8 Å². The van der Waals surface area contributed by atoms with E-state index in [4.69, 9.17) is 4.74 Å². The highest BCUT2D eigenvalue weighted by Gasteiger charge is 2.05. The van der Waals surface area contributed by atoms with Crippen molar-refractivity contribution in [2.75, 3.05) is 6.26 Å². The standard InChI is InChI=1S/C4H6OS/c1-6-4-2-3-5-4/h2-4H,1H3. The highest BCUT2D eigenvalue weighted by atomic mass is 32.2. The van der Waals surface area contributed by atoms with Gasteiger partial charge in [-0.2, -0.15) is 0 Å². The minimum atomic E-state index is 0.352. The van der Waals surface area contributed by atoms with Crippen LogP contribution in [0.3, 0.4) is 0 Å². The van der Waals surface area contributed by atoms with Crippen LogP contribution in [-0.2, 0) is 4.74 Å². The van der Waals surface area contributed by atoms with E-state index >= 15 is 0 Å². The minimum absolute atomic E-state index is 0.352. The van der Waals surface area contributed by atoms with E-state index in [1.165, 1.54) is 0 Å². The van der Waals surface area contributed by atoms with Crippen molar-refractivity contribution in [3.05, 3.63) is 12.3 Å². The van der Waals surface area contributed by atoms with Crippen LogP contribution in [-0.4, -0.2) is 11.7 Å². The van der Waals surface area contributed by atoms with Crippen molar-refractivity contribution in [3.63, 3.8) is 0 Å². The Morgan fingerprint density at radius 3 is 2.50 bits per heavy atom. The Morgan fingerprint density at radius 1 is 1.83 bits per heavy atom. The highest BCUT2D eigenvalue weighted by Crippen LogP contribution is 2.16. The largest absolute Gasteiger partial charge is 0.483 e. The lowest BCUT2D eigenvalue weighted by Crippen LogP contribution is -2.06.